The first-order valence-corrected chi connectivity index (χ1v) is 7.15. The number of Topliss-reactive ketones (excluding diaryl/α,β-unsaturated/α-hetero) is 1. The van der Waals surface area contributed by atoms with Crippen molar-refractivity contribution in [3.63, 3.8) is 0 Å². The SMILES string of the molecule is CSc1ccc(-c2oncc2C(=O)C2CC2)cc1. The number of thioether (sulfide) groups is 1. The van der Waals surface area contributed by atoms with E-state index in [0.29, 0.717) is 11.3 Å². The molecule has 1 aliphatic carbocycles. The predicted octanol–water partition coefficient (Wildman–Crippen LogP) is 3.66. The molecule has 0 saturated heterocycles. The van der Waals surface area contributed by atoms with Crippen molar-refractivity contribution in [1.82, 2.24) is 5.16 Å². The third kappa shape index (κ3) is 2.08. The number of benzene rings is 1. The Bertz CT molecular complexity index is 570. The highest BCUT2D eigenvalue weighted by molar-refractivity contribution is 7.98. The van der Waals surface area contributed by atoms with Gasteiger partial charge in [-0.2, -0.15) is 0 Å². The average molecular weight is 259 g/mol. The van der Waals surface area contributed by atoms with E-state index < -0.39 is 0 Å². The molecular formula is C14H13NO2S. The van der Waals surface area contributed by atoms with E-state index in [1.165, 1.54) is 4.90 Å². The van der Waals surface area contributed by atoms with Crippen molar-refractivity contribution in [1.29, 1.82) is 0 Å². The van der Waals surface area contributed by atoms with Crippen molar-refractivity contribution < 1.29 is 9.32 Å². The molecule has 3 rings (SSSR count). The zero-order chi connectivity index (χ0) is 12.5. The average Bonchev–Trinajstić information content (AvgIpc) is 3.15. The highest BCUT2D eigenvalue weighted by Gasteiger charge is 2.33. The van der Waals surface area contributed by atoms with E-state index in [1.54, 1.807) is 18.0 Å². The predicted molar refractivity (Wildman–Crippen MR) is 70.8 cm³/mol. The Morgan fingerprint density at radius 3 is 2.67 bits per heavy atom. The van der Waals surface area contributed by atoms with Crippen molar-refractivity contribution >= 4 is 17.5 Å². The second-order valence-corrected chi connectivity index (χ2v) is 5.32. The van der Waals surface area contributed by atoms with Crippen molar-refractivity contribution in [2.75, 3.05) is 6.26 Å². The quantitative estimate of drug-likeness (QED) is 0.621. The highest BCUT2D eigenvalue weighted by atomic mass is 32.2. The van der Waals surface area contributed by atoms with E-state index in [-0.39, 0.29) is 11.7 Å². The number of hydrogen-bond donors (Lipinski definition) is 0. The summed E-state index contributed by atoms with van der Waals surface area (Å²) in [5.74, 6) is 0.952. The third-order valence-corrected chi connectivity index (χ3v) is 3.88. The molecule has 0 atom stereocenters. The van der Waals surface area contributed by atoms with Crippen LogP contribution >= 0.6 is 11.8 Å². The van der Waals surface area contributed by atoms with Crippen LogP contribution in [0.4, 0.5) is 0 Å². The minimum absolute atomic E-state index is 0.167. The van der Waals surface area contributed by atoms with E-state index in [0.717, 1.165) is 18.4 Å². The minimum atomic E-state index is 0.167. The Kier molecular flexibility index (Phi) is 2.96. The number of hydrogen-bond acceptors (Lipinski definition) is 4. The number of carbonyl (C=O) groups is 1. The van der Waals surface area contributed by atoms with Crippen molar-refractivity contribution in [2.24, 2.45) is 5.92 Å². The first kappa shape index (κ1) is 11.5. The smallest absolute Gasteiger partial charge is 0.177 e. The van der Waals surface area contributed by atoms with Gasteiger partial charge in [-0.25, -0.2) is 0 Å². The molecule has 0 aliphatic heterocycles. The van der Waals surface area contributed by atoms with E-state index in [4.69, 9.17) is 4.52 Å². The van der Waals surface area contributed by atoms with Crippen LogP contribution in [-0.4, -0.2) is 17.2 Å². The molecule has 1 aromatic carbocycles. The van der Waals surface area contributed by atoms with Crippen molar-refractivity contribution in [3.8, 4) is 11.3 Å². The molecule has 1 aliphatic rings. The van der Waals surface area contributed by atoms with Gasteiger partial charge in [-0.05, 0) is 43.4 Å². The Balaban J connectivity index is 1.95. The summed E-state index contributed by atoms with van der Waals surface area (Å²) in [6, 6.07) is 7.98. The van der Waals surface area contributed by atoms with Crippen LogP contribution < -0.4 is 0 Å². The molecular weight excluding hydrogens is 246 g/mol. The first-order chi connectivity index (χ1) is 8.79. The Morgan fingerprint density at radius 2 is 2.06 bits per heavy atom. The van der Waals surface area contributed by atoms with Crippen LogP contribution in [0.2, 0.25) is 0 Å². The lowest BCUT2D eigenvalue weighted by molar-refractivity contribution is 0.0968. The lowest BCUT2D eigenvalue weighted by Gasteiger charge is -2.01. The maximum absolute atomic E-state index is 12.1. The van der Waals surface area contributed by atoms with Gasteiger partial charge in [0.1, 0.15) is 0 Å². The van der Waals surface area contributed by atoms with Crippen LogP contribution in [0.5, 0.6) is 0 Å². The number of rotatable bonds is 4. The highest BCUT2D eigenvalue weighted by Crippen LogP contribution is 2.36. The van der Waals surface area contributed by atoms with E-state index in [9.17, 15) is 4.79 Å². The summed E-state index contributed by atoms with van der Waals surface area (Å²) in [5.41, 5.74) is 1.53. The molecule has 0 unspecified atom stereocenters. The van der Waals surface area contributed by atoms with E-state index in [2.05, 4.69) is 5.16 Å². The second-order valence-electron chi connectivity index (χ2n) is 4.44. The van der Waals surface area contributed by atoms with Crippen molar-refractivity contribution in [3.05, 3.63) is 36.0 Å². The number of nitrogens with zero attached hydrogens (tertiary/aromatic N) is 1. The third-order valence-electron chi connectivity index (χ3n) is 3.14. The first-order valence-electron chi connectivity index (χ1n) is 5.93. The molecule has 92 valence electrons. The number of ketones is 1. The zero-order valence-corrected chi connectivity index (χ0v) is 10.9. The van der Waals surface area contributed by atoms with Gasteiger partial charge in [-0.15, -0.1) is 11.8 Å². The van der Waals surface area contributed by atoms with Gasteiger partial charge in [0.25, 0.3) is 0 Å². The van der Waals surface area contributed by atoms with Gasteiger partial charge in [-0.1, -0.05) is 5.16 Å². The van der Waals surface area contributed by atoms with Crippen LogP contribution in [0.15, 0.2) is 39.9 Å². The van der Waals surface area contributed by atoms with Crippen LogP contribution in [0, 0.1) is 5.92 Å². The molecule has 0 amide bonds. The number of carbonyl (C=O) groups excluding carboxylic acids is 1. The van der Waals surface area contributed by atoms with Gasteiger partial charge in [0.05, 0.1) is 11.8 Å². The summed E-state index contributed by atoms with van der Waals surface area (Å²) in [4.78, 5) is 13.3. The molecule has 0 N–H and O–H groups in total. The Hall–Kier alpha value is -1.55. The molecule has 2 aromatic rings. The summed E-state index contributed by atoms with van der Waals surface area (Å²) in [5, 5.41) is 3.77. The van der Waals surface area contributed by atoms with E-state index >= 15 is 0 Å². The molecule has 4 heteroatoms. The monoisotopic (exact) mass is 259 g/mol. The lowest BCUT2D eigenvalue weighted by Crippen LogP contribution is -2.01. The van der Waals surface area contributed by atoms with Crippen LogP contribution in [0.25, 0.3) is 11.3 Å². The molecule has 1 saturated carbocycles. The molecule has 0 spiro atoms. The lowest BCUT2D eigenvalue weighted by atomic mass is 10.0. The second kappa shape index (κ2) is 4.61. The Labute approximate surface area is 110 Å². The largest absolute Gasteiger partial charge is 0.356 e. The summed E-state index contributed by atoms with van der Waals surface area (Å²) >= 11 is 1.69. The zero-order valence-electron chi connectivity index (χ0n) is 10.1. The van der Waals surface area contributed by atoms with Gasteiger partial charge < -0.3 is 4.52 Å². The fraction of sp³-hybridized carbons (Fsp3) is 0.286. The Morgan fingerprint density at radius 1 is 1.33 bits per heavy atom. The maximum atomic E-state index is 12.1. The van der Waals surface area contributed by atoms with Gasteiger partial charge in [0.15, 0.2) is 11.5 Å². The standard InChI is InChI=1S/C14H13NO2S/c1-18-11-6-4-10(5-7-11)14-12(8-15-17-14)13(16)9-2-3-9/h4-9H,2-3H2,1H3. The van der Waals surface area contributed by atoms with Gasteiger partial charge in [0, 0.05) is 16.4 Å². The summed E-state index contributed by atoms with van der Waals surface area (Å²) < 4.78 is 5.25. The molecule has 3 nitrogen and oxygen atoms in total. The maximum Gasteiger partial charge on any atom is 0.177 e. The van der Waals surface area contributed by atoms with Gasteiger partial charge in [0.2, 0.25) is 0 Å². The minimum Gasteiger partial charge on any atom is -0.356 e. The van der Waals surface area contributed by atoms with Gasteiger partial charge >= 0.3 is 0 Å². The number of aromatic nitrogens is 1. The normalized spacial score (nSPS) is 14.7. The van der Waals surface area contributed by atoms with E-state index in [1.807, 2.05) is 30.5 Å². The summed E-state index contributed by atoms with van der Waals surface area (Å²) in [6.45, 7) is 0. The van der Waals surface area contributed by atoms with Crippen LogP contribution in [0.1, 0.15) is 23.2 Å². The van der Waals surface area contributed by atoms with Crippen molar-refractivity contribution in [2.45, 2.75) is 17.7 Å². The molecule has 1 fully saturated rings. The molecule has 1 heterocycles. The summed E-state index contributed by atoms with van der Waals surface area (Å²) in [6.07, 6.45) is 5.56. The molecule has 0 bridgehead atoms. The van der Waals surface area contributed by atoms with Gasteiger partial charge in [-0.3, -0.25) is 4.79 Å². The molecule has 0 radical (unpaired) electrons. The van der Waals surface area contributed by atoms with Crippen LogP contribution in [0.3, 0.4) is 0 Å². The fourth-order valence-electron chi connectivity index (χ4n) is 1.93. The topological polar surface area (TPSA) is 43.1 Å². The molecule has 1 aromatic heterocycles. The molecule has 18 heavy (non-hydrogen) atoms. The van der Waals surface area contributed by atoms with Crippen LogP contribution in [-0.2, 0) is 0 Å². The fourth-order valence-corrected chi connectivity index (χ4v) is 2.34. The summed E-state index contributed by atoms with van der Waals surface area (Å²) in [7, 11) is 0.